The molecule has 0 heterocycles. The normalized spacial score (nSPS) is 23.8. The molecule has 1 aliphatic carbocycles. The fourth-order valence-electron chi connectivity index (χ4n) is 2.97. The van der Waals surface area contributed by atoms with Gasteiger partial charge in [0.05, 0.1) is 13.2 Å². The first-order chi connectivity index (χ1) is 8.90. The van der Waals surface area contributed by atoms with Crippen molar-refractivity contribution >= 4 is 0 Å². The number of aliphatic hydroxyl groups is 1. The number of benzene rings is 1. The second kappa shape index (κ2) is 5.14. The largest absolute Gasteiger partial charge is 0.496 e. The summed E-state index contributed by atoms with van der Waals surface area (Å²) in [5, 5.41) is 10.6. The predicted molar refractivity (Wildman–Crippen MR) is 77.4 cm³/mol. The third kappa shape index (κ3) is 2.77. The van der Waals surface area contributed by atoms with Crippen molar-refractivity contribution < 1.29 is 9.84 Å². The Kier molecular flexibility index (Phi) is 3.88. The molecular weight excluding hydrogens is 238 g/mol. The van der Waals surface area contributed by atoms with E-state index in [1.54, 1.807) is 7.11 Å². The van der Waals surface area contributed by atoms with E-state index in [2.05, 4.69) is 19.9 Å². The summed E-state index contributed by atoms with van der Waals surface area (Å²) in [5.41, 5.74) is 8.35. The highest BCUT2D eigenvalue weighted by molar-refractivity contribution is 5.40. The fraction of sp³-hybridized carbons (Fsp3) is 0.625. The Hall–Kier alpha value is -1.06. The van der Waals surface area contributed by atoms with Crippen molar-refractivity contribution in [1.29, 1.82) is 0 Å². The minimum absolute atomic E-state index is 0.0541. The lowest BCUT2D eigenvalue weighted by atomic mass is 9.87. The monoisotopic (exact) mass is 263 g/mol. The summed E-state index contributed by atoms with van der Waals surface area (Å²) in [4.78, 5) is 0. The highest BCUT2D eigenvalue weighted by Crippen LogP contribution is 2.56. The second-order valence-electron chi connectivity index (χ2n) is 6.38. The van der Waals surface area contributed by atoms with Crippen molar-refractivity contribution in [1.82, 2.24) is 0 Å². The molecule has 1 aromatic carbocycles. The highest BCUT2D eigenvalue weighted by Gasteiger charge is 2.51. The van der Waals surface area contributed by atoms with Crippen molar-refractivity contribution in [2.45, 2.75) is 39.2 Å². The topological polar surface area (TPSA) is 55.5 Å². The van der Waals surface area contributed by atoms with Gasteiger partial charge in [0.2, 0.25) is 0 Å². The number of nitrogens with two attached hydrogens (primary N) is 1. The molecule has 3 heteroatoms. The minimum Gasteiger partial charge on any atom is -0.496 e. The molecule has 0 saturated heterocycles. The maximum absolute atomic E-state index is 10.6. The van der Waals surface area contributed by atoms with Crippen LogP contribution in [0.2, 0.25) is 0 Å². The number of rotatable bonds is 5. The SMILES string of the molecule is COc1ccc(C)cc1C(CN)C(O)C1CC1(C)C. The van der Waals surface area contributed by atoms with Crippen LogP contribution in [0.3, 0.4) is 0 Å². The average Bonchev–Trinajstić information content (AvgIpc) is 2.99. The van der Waals surface area contributed by atoms with Gasteiger partial charge < -0.3 is 15.6 Å². The molecule has 3 nitrogen and oxygen atoms in total. The molecule has 3 atom stereocenters. The number of ether oxygens (including phenoxy) is 1. The number of methoxy groups -OCH3 is 1. The van der Waals surface area contributed by atoms with Crippen molar-refractivity contribution in [2.75, 3.05) is 13.7 Å². The number of hydrogen-bond acceptors (Lipinski definition) is 3. The number of aryl methyl sites for hydroxylation is 1. The molecule has 3 N–H and O–H groups in total. The van der Waals surface area contributed by atoms with Crippen LogP contribution in [-0.2, 0) is 0 Å². The van der Waals surface area contributed by atoms with Gasteiger partial charge in [0, 0.05) is 18.0 Å². The molecule has 1 saturated carbocycles. The molecule has 1 aliphatic rings. The lowest BCUT2D eigenvalue weighted by Crippen LogP contribution is -2.29. The Morgan fingerprint density at radius 3 is 2.58 bits per heavy atom. The highest BCUT2D eigenvalue weighted by atomic mass is 16.5. The van der Waals surface area contributed by atoms with E-state index < -0.39 is 6.10 Å². The van der Waals surface area contributed by atoms with Gasteiger partial charge in [-0.25, -0.2) is 0 Å². The summed E-state index contributed by atoms with van der Waals surface area (Å²) in [6.07, 6.45) is 0.675. The van der Waals surface area contributed by atoms with Crippen molar-refractivity contribution in [2.24, 2.45) is 17.1 Å². The molecule has 0 aromatic heterocycles. The Labute approximate surface area is 115 Å². The summed E-state index contributed by atoms with van der Waals surface area (Å²) >= 11 is 0. The van der Waals surface area contributed by atoms with Crippen LogP contribution in [0.5, 0.6) is 5.75 Å². The van der Waals surface area contributed by atoms with Gasteiger partial charge in [-0.1, -0.05) is 31.5 Å². The van der Waals surface area contributed by atoms with E-state index in [1.807, 2.05) is 19.1 Å². The van der Waals surface area contributed by atoms with Gasteiger partial charge in [0.25, 0.3) is 0 Å². The Morgan fingerprint density at radius 1 is 1.47 bits per heavy atom. The number of aliphatic hydroxyl groups excluding tert-OH is 1. The van der Waals surface area contributed by atoms with Crippen LogP contribution in [0.15, 0.2) is 18.2 Å². The average molecular weight is 263 g/mol. The molecule has 1 fully saturated rings. The van der Waals surface area contributed by atoms with Gasteiger partial charge in [0.1, 0.15) is 5.75 Å². The molecule has 0 bridgehead atoms. The molecule has 0 amide bonds. The van der Waals surface area contributed by atoms with E-state index in [1.165, 1.54) is 0 Å². The number of hydrogen-bond donors (Lipinski definition) is 2. The van der Waals surface area contributed by atoms with Gasteiger partial charge in [0.15, 0.2) is 0 Å². The Balaban J connectivity index is 2.29. The summed E-state index contributed by atoms with van der Waals surface area (Å²) < 4.78 is 5.42. The van der Waals surface area contributed by atoms with Crippen LogP contribution < -0.4 is 10.5 Å². The summed E-state index contributed by atoms with van der Waals surface area (Å²) in [7, 11) is 1.66. The molecule has 2 rings (SSSR count). The standard InChI is InChI=1S/C16H25NO2/c1-10-5-6-14(19-4)11(7-10)12(9-17)15(18)13-8-16(13,2)3/h5-7,12-13,15,18H,8-9,17H2,1-4H3. The van der Waals surface area contributed by atoms with Crippen molar-refractivity contribution in [3.05, 3.63) is 29.3 Å². The Bertz CT molecular complexity index is 456. The van der Waals surface area contributed by atoms with Crippen LogP contribution in [0, 0.1) is 18.3 Å². The molecule has 0 radical (unpaired) electrons. The van der Waals surface area contributed by atoms with E-state index in [-0.39, 0.29) is 11.3 Å². The maximum Gasteiger partial charge on any atom is 0.122 e. The molecule has 0 aliphatic heterocycles. The first-order valence-corrected chi connectivity index (χ1v) is 6.93. The molecular formula is C16H25NO2. The van der Waals surface area contributed by atoms with Gasteiger partial charge >= 0.3 is 0 Å². The molecule has 0 spiro atoms. The fourth-order valence-corrected chi connectivity index (χ4v) is 2.97. The van der Waals surface area contributed by atoms with Crippen LogP contribution in [-0.4, -0.2) is 24.9 Å². The van der Waals surface area contributed by atoms with Crippen LogP contribution in [0.1, 0.15) is 37.3 Å². The first-order valence-electron chi connectivity index (χ1n) is 6.93. The van der Waals surface area contributed by atoms with E-state index >= 15 is 0 Å². The summed E-state index contributed by atoms with van der Waals surface area (Å²) in [6, 6.07) is 6.05. The zero-order valence-electron chi connectivity index (χ0n) is 12.3. The van der Waals surface area contributed by atoms with Gasteiger partial charge in [-0.2, -0.15) is 0 Å². The molecule has 1 aromatic rings. The van der Waals surface area contributed by atoms with Crippen molar-refractivity contribution in [3.8, 4) is 5.75 Å². The quantitative estimate of drug-likeness (QED) is 0.858. The Morgan fingerprint density at radius 2 is 2.11 bits per heavy atom. The van der Waals surface area contributed by atoms with E-state index in [9.17, 15) is 5.11 Å². The second-order valence-corrected chi connectivity index (χ2v) is 6.38. The molecule has 3 unspecified atom stereocenters. The van der Waals surface area contributed by atoms with Crippen LogP contribution in [0.4, 0.5) is 0 Å². The minimum atomic E-state index is -0.393. The first kappa shape index (κ1) is 14.4. The van der Waals surface area contributed by atoms with E-state index in [4.69, 9.17) is 10.5 Å². The predicted octanol–water partition coefficient (Wildman–Crippen LogP) is 2.45. The third-order valence-corrected chi connectivity index (χ3v) is 4.45. The smallest absolute Gasteiger partial charge is 0.122 e. The lowest BCUT2D eigenvalue weighted by molar-refractivity contribution is 0.108. The van der Waals surface area contributed by atoms with Crippen molar-refractivity contribution in [3.63, 3.8) is 0 Å². The summed E-state index contributed by atoms with van der Waals surface area (Å²) in [5.74, 6) is 1.10. The van der Waals surface area contributed by atoms with E-state index in [0.717, 1.165) is 23.3 Å². The third-order valence-electron chi connectivity index (χ3n) is 4.45. The van der Waals surface area contributed by atoms with Gasteiger partial charge in [-0.05, 0) is 30.7 Å². The zero-order valence-corrected chi connectivity index (χ0v) is 12.3. The lowest BCUT2D eigenvalue weighted by Gasteiger charge is -2.25. The molecule has 106 valence electrons. The molecule has 19 heavy (non-hydrogen) atoms. The zero-order chi connectivity index (χ0) is 14.2. The maximum atomic E-state index is 10.6. The van der Waals surface area contributed by atoms with E-state index in [0.29, 0.717) is 12.5 Å². The van der Waals surface area contributed by atoms with Gasteiger partial charge in [-0.15, -0.1) is 0 Å². The van der Waals surface area contributed by atoms with Crippen LogP contribution in [0.25, 0.3) is 0 Å². The van der Waals surface area contributed by atoms with Gasteiger partial charge in [-0.3, -0.25) is 0 Å². The van der Waals surface area contributed by atoms with Crippen LogP contribution >= 0.6 is 0 Å². The summed E-state index contributed by atoms with van der Waals surface area (Å²) in [6.45, 7) is 6.88.